The third-order valence-corrected chi connectivity index (χ3v) is 13.7. The zero-order chi connectivity index (χ0) is 32.4. The lowest BCUT2D eigenvalue weighted by atomic mass is 9.43. The highest BCUT2D eigenvalue weighted by molar-refractivity contribution is 5.73. The summed E-state index contributed by atoms with van der Waals surface area (Å²) in [5.74, 6) is -0.360. The van der Waals surface area contributed by atoms with Gasteiger partial charge in [0.25, 0.3) is 0 Å². The number of allylic oxidation sites excluding steroid dienone is 4. The van der Waals surface area contributed by atoms with E-state index in [1.165, 1.54) is 5.57 Å². The molecule has 0 unspecified atom stereocenters. The van der Waals surface area contributed by atoms with Crippen molar-refractivity contribution in [3.05, 3.63) is 22.8 Å². The summed E-state index contributed by atoms with van der Waals surface area (Å²) in [7, 11) is 0. The molecule has 5 N–H and O–H groups in total. The van der Waals surface area contributed by atoms with Gasteiger partial charge < -0.3 is 35.0 Å². The lowest BCUT2D eigenvalue weighted by Gasteiger charge is -2.62. The summed E-state index contributed by atoms with van der Waals surface area (Å²) in [6, 6.07) is 0. The maximum Gasteiger partial charge on any atom is 0.311 e. The molecule has 5 aliphatic rings. The van der Waals surface area contributed by atoms with Gasteiger partial charge in [-0.05, 0) is 112 Å². The number of ether oxygens (including phenoxy) is 2. The van der Waals surface area contributed by atoms with Gasteiger partial charge in [-0.25, -0.2) is 0 Å². The maximum absolute atomic E-state index is 14.1. The molecule has 8 nitrogen and oxygen atoms in total. The van der Waals surface area contributed by atoms with Crippen molar-refractivity contribution >= 4 is 5.97 Å². The van der Waals surface area contributed by atoms with Gasteiger partial charge in [0.1, 0.15) is 24.4 Å². The molecule has 0 spiro atoms. The van der Waals surface area contributed by atoms with Gasteiger partial charge in [-0.1, -0.05) is 57.4 Å². The monoisotopic (exact) mass is 618 g/mol. The van der Waals surface area contributed by atoms with E-state index in [1.807, 2.05) is 13.8 Å². The molecule has 5 rings (SSSR count). The number of hydrogen-bond donors (Lipinski definition) is 5. The summed E-state index contributed by atoms with van der Waals surface area (Å²) in [6.45, 7) is 15.3. The molecule has 4 aliphatic carbocycles. The minimum absolute atomic E-state index is 0.0440. The van der Waals surface area contributed by atoms with Gasteiger partial charge in [-0.15, -0.1) is 0 Å². The predicted molar refractivity (Wildman–Crippen MR) is 167 cm³/mol. The van der Waals surface area contributed by atoms with Crippen LogP contribution in [0.5, 0.6) is 0 Å². The van der Waals surface area contributed by atoms with Gasteiger partial charge in [-0.2, -0.15) is 0 Å². The van der Waals surface area contributed by atoms with E-state index in [0.717, 1.165) is 57.8 Å². The van der Waals surface area contributed by atoms with Crippen LogP contribution in [0.4, 0.5) is 0 Å². The first kappa shape index (κ1) is 34.1. The number of aliphatic hydroxyl groups is 5. The van der Waals surface area contributed by atoms with E-state index in [9.17, 15) is 30.3 Å². The Hall–Kier alpha value is -1.29. The Labute approximate surface area is 263 Å². The second-order valence-electron chi connectivity index (χ2n) is 16.3. The summed E-state index contributed by atoms with van der Waals surface area (Å²) in [4.78, 5) is 14.1. The molecule has 3 fully saturated rings. The Morgan fingerprint density at radius 2 is 1.64 bits per heavy atom. The van der Waals surface area contributed by atoms with Gasteiger partial charge in [0.2, 0.25) is 6.29 Å². The minimum Gasteiger partial charge on any atom is -0.432 e. The number of carbonyl (C=O) groups is 1. The summed E-state index contributed by atoms with van der Waals surface area (Å²) >= 11 is 0. The van der Waals surface area contributed by atoms with Crippen molar-refractivity contribution in [3.63, 3.8) is 0 Å². The van der Waals surface area contributed by atoms with Crippen LogP contribution >= 0.6 is 0 Å². The summed E-state index contributed by atoms with van der Waals surface area (Å²) < 4.78 is 11.4. The average Bonchev–Trinajstić information content (AvgIpc) is 3.24. The molecule has 8 heteroatoms. The molecular weight excluding hydrogens is 560 g/mol. The highest BCUT2D eigenvalue weighted by Crippen LogP contribution is 2.72. The van der Waals surface area contributed by atoms with Crippen molar-refractivity contribution in [1.29, 1.82) is 0 Å². The number of esters is 1. The third kappa shape index (κ3) is 5.24. The van der Waals surface area contributed by atoms with Crippen LogP contribution in [0, 0.1) is 39.4 Å². The highest BCUT2D eigenvalue weighted by Gasteiger charge is 2.64. The Bertz CT molecular complexity index is 1150. The fraction of sp³-hybridized carbons (Fsp3) is 0.861. The van der Waals surface area contributed by atoms with Crippen molar-refractivity contribution in [3.8, 4) is 0 Å². The first-order chi connectivity index (χ1) is 20.5. The molecule has 1 heterocycles. The molecule has 44 heavy (non-hydrogen) atoms. The zero-order valence-corrected chi connectivity index (χ0v) is 28.0. The summed E-state index contributed by atoms with van der Waals surface area (Å²) in [5, 5.41) is 51.7. The number of hydrogen-bond acceptors (Lipinski definition) is 8. The van der Waals surface area contributed by atoms with E-state index in [2.05, 4.69) is 40.7 Å². The molecule has 0 bridgehead atoms. The van der Waals surface area contributed by atoms with Crippen LogP contribution in [0.2, 0.25) is 0 Å². The molecule has 0 aromatic carbocycles. The quantitative estimate of drug-likeness (QED) is 0.203. The first-order valence-electron chi connectivity index (χ1n) is 17.1. The standard InChI is InChI=1S/C36H58O8/c1-20(2)9-8-10-21(31(42)44-32-30(41)29(40)28(39)25(19-37)43-32)22-13-17-36(7)24-11-12-26-33(3,4)27(38)15-16-34(26,5)23(24)14-18-35(22,36)6/h9,21-22,25-30,32,37-41H,8,10-19H2,1-7H3/t21-,22-,25-,26+,27+,28-,29+,30-,32+,34-,35-,36+/m1/s1. The van der Waals surface area contributed by atoms with Crippen molar-refractivity contribution in [2.45, 2.75) is 149 Å². The van der Waals surface area contributed by atoms with Crippen LogP contribution < -0.4 is 0 Å². The van der Waals surface area contributed by atoms with E-state index in [4.69, 9.17) is 9.47 Å². The molecule has 1 saturated heterocycles. The van der Waals surface area contributed by atoms with Crippen molar-refractivity contribution in [2.24, 2.45) is 39.4 Å². The third-order valence-electron chi connectivity index (χ3n) is 13.7. The van der Waals surface area contributed by atoms with Crippen LogP contribution in [0.3, 0.4) is 0 Å². The normalized spacial score (nSPS) is 45.5. The molecular formula is C36H58O8. The van der Waals surface area contributed by atoms with Crippen LogP contribution in [0.15, 0.2) is 22.8 Å². The summed E-state index contributed by atoms with van der Waals surface area (Å²) in [6.07, 6.45) is 3.80. The van der Waals surface area contributed by atoms with Gasteiger partial charge in [0.15, 0.2) is 0 Å². The van der Waals surface area contributed by atoms with E-state index in [0.29, 0.717) is 12.3 Å². The van der Waals surface area contributed by atoms with Crippen LogP contribution in [0.1, 0.15) is 113 Å². The Morgan fingerprint density at radius 3 is 2.30 bits per heavy atom. The van der Waals surface area contributed by atoms with Crippen molar-refractivity contribution in [1.82, 2.24) is 0 Å². The number of aliphatic hydroxyl groups excluding tert-OH is 5. The Kier molecular flexibility index (Phi) is 9.33. The molecule has 1 aliphatic heterocycles. The minimum atomic E-state index is -1.61. The smallest absolute Gasteiger partial charge is 0.311 e. The fourth-order valence-electron chi connectivity index (χ4n) is 10.8. The van der Waals surface area contributed by atoms with Crippen LogP contribution in [0.25, 0.3) is 0 Å². The van der Waals surface area contributed by atoms with Crippen LogP contribution in [-0.2, 0) is 14.3 Å². The van der Waals surface area contributed by atoms with E-state index in [1.54, 1.807) is 11.1 Å². The van der Waals surface area contributed by atoms with Gasteiger partial charge >= 0.3 is 5.97 Å². The van der Waals surface area contributed by atoms with E-state index < -0.39 is 49.2 Å². The van der Waals surface area contributed by atoms with Crippen molar-refractivity contribution in [2.75, 3.05) is 6.61 Å². The van der Waals surface area contributed by atoms with Crippen molar-refractivity contribution < 1.29 is 39.8 Å². The average molecular weight is 619 g/mol. The first-order valence-corrected chi connectivity index (χ1v) is 17.1. The molecule has 0 aromatic heterocycles. The predicted octanol–water partition coefficient (Wildman–Crippen LogP) is 4.80. The number of rotatable bonds is 7. The second kappa shape index (κ2) is 12.1. The van der Waals surface area contributed by atoms with E-state index >= 15 is 0 Å². The lowest BCUT2D eigenvalue weighted by Crippen LogP contribution is -2.59. The van der Waals surface area contributed by atoms with E-state index in [-0.39, 0.29) is 33.7 Å². The zero-order valence-electron chi connectivity index (χ0n) is 28.0. The molecule has 0 amide bonds. The van der Waals surface area contributed by atoms with Gasteiger partial charge in [0.05, 0.1) is 18.6 Å². The number of fused-ring (bicyclic) bond motifs is 4. The van der Waals surface area contributed by atoms with Crippen LogP contribution in [-0.4, -0.2) is 74.9 Å². The van der Waals surface area contributed by atoms with Gasteiger partial charge in [-0.3, -0.25) is 4.79 Å². The largest absolute Gasteiger partial charge is 0.432 e. The SMILES string of the molecule is CC(C)=CCC[C@@H](C(=O)O[C@@H]1O[C@H](CO)[C@@H](O)[C@H](O)[C@H]1O)[C@H]1CC[C@@]2(C)C3=C(CC[C@]12C)[C@@]1(C)CC[C@H](O)C(C)(C)[C@@H]1CC3. The Morgan fingerprint density at radius 1 is 0.932 bits per heavy atom. The fourth-order valence-corrected chi connectivity index (χ4v) is 10.8. The molecule has 2 saturated carbocycles. The van der Waals surface area contributed by atoms with Gasteiger partial charge in [0, 0.05) is 0 Å². The highest BCUT2D eigenvalue weighted by atomic mass is 16.7. The maximum atomic E-state index is 14.1. The topological polar surface area (TPSA) is 137 Å². The lowest BCUT2D eigenvalue weighted by molar-refractivity contribution is -0.294. The molecule has 12 atom stereocenters. The molecule has 0 aromatic rings. The molecule has 0 radical (unpaired) electrons. The Balaban J connectivity index is 1.45. The summed E-state index contributed by atoms with van der Waals surface area (Å²) in [5.41, 5.74) is 4.22. The molecule has 250 valence electrons. The second-order valence-corrected chi connectivity index (χ2v) is 16.3. The number of carbonyl (C=O) groups excluding carboxylic acids is 1.